The Morgan fingerprint density at radius 3 is 2.42 bits per heavy atom. The SMILES string of the molecule is CCOCCOC(C)CC(C)N. The minimum atomic E-state index is 0.215. The summed E-state index contributed by atoms with van der Waals surface area (Å²) in [5.41, 5.74) is 5.61. The third-order valence-corrected chi connectivity index (χ3v) is 1.54. The molecule has 0 amide bonds. The molecule has 0 aliphatic rings. The Kier molecular flexibility index (Phi) is 7.45. The highest BCUT2D eigenvalue weighted by Crippen LogP contribution is 1.99. The molecule has 0 aromatic heterocycles. The number of nitrogens with two attached hydrogens (primary N) is 1. The van der Waals surface area contributed by atoms with Gasteiger partial charge in [0.1, 0.15) is 0 Å². The minimum absolute atomic E-state index is 0.215. The quantitative estimate of drug-likeness (QED) is 0.591. The van der Waals surface area contributed by atoms with Gasteiger partial charge in [0.25, 0.3) is 0 Å². The Balaban J connectivity index is 3.14. The average molecular weight is 175 g/mol. The molecule has 0 saturated carbocycles. The normalized spacial score (nSPS) is 16.0. The molecule has 0 aliphatic heterocycles. The number of rotatable bonds is 7. The van der Waals surface area contributed by atoms with Gasteiger partial charge < -0.3 is 15.2 Å². The second kappa shape index (κ2) is 7.53. The van der Waals surface area contributed by atoms with Crippen molar-refractivity contribution in [3.8, 4) is 0 Å². The first kappa shape index (κ1) is 11.9. The molecule has 74 valence electrons. The molecule has 0 heterocycles. The van der Waals surface area contributed by atoms with Gasteiger partial charge in [0, 0.05) is 12.6 Å². The third kappa shape index (κ3) is 7.98. The summed E-state index contributed by atoms with van der Waals surface area (Å²) in [6.07, 6.45) is 1.15. The van der Waals surface area contributed by atoms with Gasteiger partial charge in [-0.1, -0.05) is 0 Å². The molecule has 12 heavy (non-hydrogen) atoms. The van der Waals surface area contributed by atoms with Crippen LogP contribution in [0.5, 0.6) is 0 Å². The summed E-state index contributed by atoms with van der Waals surface area (Å²) in [5, 5.41) is 0. The predicted molar refractivity (Wildman–Crippen MR) is 50.2 cm³/mol. The van der Waals surface area contributed by atoms with Crippen LogP contribution in [0.25, 0.3) is 0 Å². The maximum atomic E-state index is 5.61. The molecule has 0 aliphatic carbocycles. The molecule has 0 saturated heterocycles. The first-order valence-corrected chi connectivity index (χ1v) is 4.61. The second-order valence-electron chi connectivity index (χ2n) is 3.09. The number of hydrogen-bond donors (Lipinski definition) is 1. The van der Waals surface area contributed by atoms with Crippen molar-refractivity contribution in [2.75, 3.05) is 19.8 Å². The monoisotopic (exact) mass is 175 g/mol. The molecule has 0 fully saturated rings. The van der Waals surface area contributed by atoms with Gasteiger partial charge in [-0.25, -0.2) is 0 Å². The zero-order valence-electron chi connectivity index (χ0n) is 8.38. The first-order valence-electron chi connectivity index (χ1n) is 4.61. The van der Waals surface area contributed by atoms with E-state index in [1.807, 2.05) is 20.8 Å². The molecule has 2 atom stereocenters. The van der Waals surface area contributed by atoms with Gasteiger partial charge in [0.05, 0.1) is 19.3 Å². The Labute approximate surface area is 75.2 Å². The summed E-state index contributed by atoms with van der Waals surface area (Å²) < 4.78 is 10.6. The van der Waals surface area contributed by atoms with Crippen LogP contribution in [0.3, 0.4) is 0 Å². The maximum Gasteiger partial charge on any atom is 0.0704 e. The molecular weight excluding hydrogens is 154 g/mol. The van der Waals surface area contributed by atoms with Crippen LogP contribution in [0.15, 0.2) is 0 Å². The van der Waals surface area contributed by atoms with Crippen LogP contribution in [-0.2, 0) is 9.47 Å². The lowest BCUT2D eigenvalue weighted by Crippen LogP contribution is -2.23. The van der Waals surface area contributed by atoms with Crippen LogP contribution in [-0.4, -0.2) is 32.0 Å². The van der Waals surface area contributed by atoms with E-state index >= 15 is 0 Å². The van der Waals surface area contributed by atoms with E-state index in [0.717, 1.165) is 13.0 Å². The van der Waals surface area contributed by atoms with Gasteiger partial charge in [-0.05, 0) is 27.2 Å². The highest BCUT2D eigenvalue weighted by atomic mass is 16.5. The molecule has 0 aromatic rings. The van der Waals surface area contributed by atoms with Gasteiger partial charge in [-0.2, -0.15) is 0 Å². The van der Waals surface area contributed by atoms with Crippen LogP contribution in [0.4, 0.5) is 0 Å². The van der Waals surface area contributed by atoms with Crippen molar-refractivity contribution in [3.05, 3.63) is 0 Å². The lowest BCUT2D eigenvalue weighted by molar-refractivity contribution is 0.0103. The Hall–Kier alpha value is -0.120. The fourth-order valence-corrected chi connectivity index (χ4v) is 1.04. The Morgan fingerprint density at radius 1 is 1.25 bits per heavy atom. The fourth-order valence-electron chi connectivity index (χ4n) is 1.04. The van der Waals surface area contributed by atoms with Crippen molar-refractivity contribution < 1.29 is 9.47 Å². The number of ether oxygens (including phenoxy) is 2. The molecule has 0 rings (SSSR count). The third-order valence-electron chi connectivity index (χ3n) is 1.54. The average Bonchev–Trinajstić information content (AvgIpc) is 1.97. The van der Waals surface area contributed by atoms with E-state index in [1.165, 1.54) is 0 Å². The van der Waals surface area contributed by atoms with Crippen LogP contribution < -0.4 is 5.73 Å². The summed E-state index contributed by atoms with van der Waals surface area (Å²) in [6, 6.07) is 0.215. The molecule has 0 aromatic carbocycles. The molecule has 0 spiro atoms. The maximum absolute atomic E-state index is 5.61. The number of hydrogen-bond acceptors (Lipinski definition) is 3. The van der Waals surface area contributed by atoms with Gasteiger partial charge >= 0.3 is 0 Å². The van der Waals surface area contributed by atoms with E-state index in [0.29, 0.717) is 13.2 Å². The molecule has 3 heteroatoms. The lowest BCUT2D eigenvalue weighted by Gasteiger charge is -2.14. The van der Waals surface area contributed by atoms with Crippen molar-refractivity contribution >= 4 is 0 Å². The molecule has 2 N–H and O–H groups in total. The summed E-state index contributed by atoms with van der Waals surface area (Å²) in [4.78, 5) is 0. The standard InChI is InChI=1S/C9H21NO2/c1-4-11-5-6-12-9(3)7-8(2)10/h8-9H,4-7,10H2,1-3H3. The smallest absolute Gasteiger partial charge is 0.0704 e. The van der Waals surface area contributed by atoms with Gasteiger partial charge in [-0.15, -0.1) is 0 Å². The van der Waals surface area contributed by atoms with Crippen LogP contribution in [0.1, 0.15) is 27.2 Å². The largest absolute Gasteiger partial charge is 0.379 e. The minimum Gasteiger partial charge on any atom is -0.379 e. The van der Waals surface area contributed by atoms with Gasteiger partial charge in [-0.3, -0.25) is 0 Å². The Morgan fingerprint density at radius 2 is 1.92 bits per heavy atom. The molecule has 3 nitrogen and oxygen atoms in total. The highest BCUT2D eigenvalue weighted by Gasteiger charge is 2.04. The van der Waals surface area contributed by atoms with E-state index in [-0.39, 0.29) is 12.1 Å². The van der Waals surface area contributed by atoms with Crippen molar-refractivity contribution in [2.24, 2.45) is 5.73 Å². The highest BCUT2D eigenvalue weighted by molar-refractivity contribution is 4.59. The van der Waals surface area contributed by atoms with Gasteiger partial charge in [0.2, 0.25) is 0 Å². The first-order chi connectivity index (χ1) is 5.66. The molecular formula is C9H21NO2. The lowest BCUT2D eigenvalue weighted by atomic mass is 10.2. The zero-order chi connectivity index (χ0) is 9.40. The van der Waals surface area contributed by atoms with E-state index in [9.17, 15) is 0 Å². The van der Waals surface area contributed by atoms with Crippen LogP contribution in [0.2, 0.25) is 0 Å². The topological polar surface area (TPSA) is 44.5 Å². The van der Waals surface area contributed by atoms with Crippen LogP contribution >= 0.6 is 0 Å². The van der Waals surface area contributed by atoms with E-state index in [4.69, 9.17) is 15.2 Å². The summed E-state index contributed by atoms with van der Waals surface area (Å²) in [6.45, 7) is 8.11. The predicted octanol–water partition coefficient (Wildman–Crippen LogP) is 1.17. The second-order valence-corrected chi connectivity index (χ2v) is 3.09. The van der Waals surface area contributed by atoms with Gasteiger partial charge in [0.15, 0.2) is 0 Å². The molecule has 0 radical (unpaired) electrons. The summed E-state index contributed by atoms with van der Waals surface area (Å²) in [5.74, 6) is 0. The zero-order valence-corrected chi connectivity index (χ0v) is 8.38. The van der Waals surface area contributed by atoms with Crippen molar-refractivity contribution in [1.29, 1.82) is 0 Å². The van der Waals surface area contributed by atoms with Crippen molar-refractivity contribution in [2.45, 2.75) is 39.3 Å². The summed E-state index contributed by atoms with van der Waals surface area (Å²) in [7, 11) is 0. The molecule has 2 unspecified atom stereocenters. The summed E-state index contributed by atoms with van der Waals surface area (Å²) >= 11 is 0. The van der Waals surface area contributed by atoms with Crippen molar-refractivity contribution in [3.63, 3.8) is 0 Å². The van der Waals surface area contributed by atoms with E-state index in [2.05, 4.69) is 0 Å². The Bertz CT molecular complexity index is 96.5. The molecule has 0 bridgehead atoms. The van der Waals surface area contributed by atoms with E-state index < -0.39 is 0 Å². The van der Waals surface area contributed by atoms with Crippen LogP contribution in [0, 0.1) is 0 Å². The van der Waals surface area contributed by atoms with Crippen molar-refractivity contribution in [1.82, 2.24) is 0 Å². The fraction of sp³-hybridized carbons (Fsp3) is 1.00. The van der Waals surface area contributed by atoms with E-state index in [1.54, 1.807) is 0 Å².